The average Bonchev–Trinajstić information content (AvgIpc) is 2.61. The molecule has 4 rings (SSSR count). The summed E-state index contributed by atoms with van der Waals surface area (Å²) in [5, 5.41) is 0.835. The maximum atomic E-state index is 13.8. The number of benzene rings is 3. The summed E-state index contributed by atoms with van der Waals surface area (Å²) in [7, 11) is 0. The Morgan fingerprint density at radius 1 is 0.840 bits per heavy atom. The van der Waals surface area contributed by atoms with Crippen LogP contribution in [0.1, 0.15) is 10.4 Å². The fourth-order valence-electron chi connectivity index (χ4n) is 2.76. The van der Waals surface area contributed by atoms with E-state index in [4.69, 9.17) is 4.74 Å². The van der Waals surface area contributed by atoms with E-state index in [1.54, 1.807) is 30.3 Å². The first kappa shape index (κ1) is 15.2. The number of carbonyl (C=O) groups excluding carboxylic acids is 1. The summed E-state index contributed by atoms with van der Waals surface area (Å²) in [5.41, 5.74) is 1.19. The number of carbonyl (C=O) groups is 1. The van der Waals surface area contributed by atoms with Crippen molar-refractivity contribution in [1.29, 1.82) is 0 Å². The Labute approximate surface area is 141 Å². The number of nitrogens with zero attached hydrogens (tertiary/aromatic N) is 1. The van der Waals surface area contributed by atoms with Gasteiger partial charge in [0.15, 0.2) is 11.6 Å². The molecule has 0 fully saturated rings. The van der Waals surface area contributed by atoms with E-state index in [1.165, 1.54) is 36.4 Å². The van der Waals surface area contributed by atoms with Gasteiger partial charge in [0.1, 0.15) is 5.82 Å². The molecule has 0 amide bonds. The molecule has 0 bridgehead atoms. The Morgan fingerprint density at radius 2 is 1.56 bits per heavy atom. The summed E-state index contributed by atoms with van der Waals surface area (Å²) in [6.45, 7) is 0. The smallest absolute Gasteiger partial charge is 0.345 e. The highest BCUT2D eigenvalue weighted by Crippen LogP contribution is 2.28. The largest absolute Gasteiger partial charge is 0.420 e. The summed E-state index contributed by atoms with van der Waals surface area (Å²) in [4.78, 5) is 17.2. The lowest BCUT2D eigenvalue weighted by molar-refractivity contribution is 0.0732. The lowest BCUT2D eigenvalue weighted by Gasteiger charge is -2.11. The molecule has 3 aromatic carbocycles. The lowest BCUT2D eigenvalue weighted by atomic mass is 10.0. The minimum Gasteiger partial charge on any atom is -0.420 e. The molecule has 0 aliphatic carbocycles. The van der Waals surface area contributed by atoms with Gasteiger partial charge < -0.3 is 4.74 Å². The number of para-hydroxylation sites is 2. The van der Waals surface area contributed by atoms with Gasteiger partial charge in [-0.25, -0.2) is 18.6 Å². The SMILES string of the molecule is O=C(Oc1ccccc1F)c1c2ccccc2nc2ccc(F)cc12. The maximum absolute atomic E-state index is 13.8. The summed E-state index contributed by atoms with van der Waals surface area (Å²) < 4.78 is 32.8. The minimum absolute atomic E-state index is 0.156. The zero-order valence-corrected chi connectivity index (χ0v) is 12.9. The summed E-state index contributed by atoms with van der Waals surface area (Å²) >= 11 is 0. The zero-order valence-electron chi connectivity index (χ0n) is 12.9. The molecule has 0 radical (unpaired) electrons. The predicted octanol–water partition coefficient (Wildman–Crippen LogP) is 4.89. The third kappa shape index (κ3) is 2.70. The maximum Gasteiger partial charge on any atom is 0.345 e. The Kier molecular flexibility index (Phi) is 3.61. The van der Waals surface area contributed by atoms with Gasteiger partial charge >= 0.3 is 5.97 Å². The second-order valence-electron chi connectivity index (χ2n) is 5.49. The molecule has 0 unspecified atom stereocenters. The Balaban J connectivity index is 1.95. The van der Waals surface area contributed by atoms with Gasteiger partial charge in [-0.2, -0.15) is 0 Å². The first-order chi connectivity index (χ1) is 12.1. The molecule has 122 valence electrons. The molecule has 1 heterocycles. The van der Waals surface area contributed by atoms with E-state index in [-0.39, 0.29) is 11.3 Å². The molecule has 0 spiro atoms. The third-order valence-corrected chi connectivity index (χ3v) is 3.89. The minimum atomic E-state index is -0.765. The summed E-state index contributed by atoms with van der Waals surface area (Å²) in [5.74, 6) is -2.09. The van der Waals surface area contributed by atoms with Gasteiger partial charge in [-0.05, 0) is 36.4 Å². The van der Waals surface area contributed by atoms with Crippen molar-refractivity contribution in [1.82, 2.24) is 4.98 Å². The normalized spacial score (nSPS) is 11.0. The number of esters is 1. The van der Waals surface area contributed by atoms with Crippen LogP contribution in [0.4, 0.5) is 8.78 Å². The molecule has 0 saturated carbocycles. The fraction of sp³-hybridized carbons (Fsp3) is 0. The molecule has 0 aliphatic rings. The second kappa shape index (κ2) is 5.94. The second-order valence-corrected chi connectivity index (χ2v) is 5.49. The van der Waals surface area contributed by atoms with Gasteiger partial charge in [-0.15, -0.1) is 0 Å². The average molecular weight is 335 g/mol. The van der Waals surface area contributed by atoms with Gasteiger partial charge in [0.2, 0.25) is 0 Å². The first-order valence-electron chi connectivity index (χ1n) is 7.58. The van der Waals surface area contributed by atoms with Crippen LogP contribution in [0.5, 0.6) is 5.75 Å². The van der Waals surface area contributed by atoms with Crippen molar-refractivity contribution in [3.63, 3.8) is 0 Å². The highest BCUT2D eigenvalue weighted by molar-refractivity contribution is 6.14. The van der Waals surface area contributed by atoms with Crippen molar-refractivity contribution in [3.8, 4) is 5.75 Å². The topological polar surface area (TPSA) is 39.2 Å². The summed E-state index contributed by atoms with van der Waals surface area (Å²) in [6, 6.07) is 16.6. The van der Waals surface area contributed by atoms with E-state index in [2.05, 4.69) is 4.98 Å². The third-order valence-electron chi connectivity index (χ3n) is 3.89. The fourth-order valence-corrected chi connectivity index (χ4v) is 2.76. The highest BCUT2D eigenvalue weighted by Gasteiger charge is 2.19. The monoisotopic (exact) mass is 335 g/mol. The molecular formula is C20H11F2NO2. The number of ether oxygens (including phenoxy) is 1. The predicted molar refractivity (Wildman–Crippen MR) is 90.6 cm³/mol. The molecule has 25 heavy (non-hydrogen) atoms. The quantitative estimate of drug-likeness (QED) is 0.298. The van der Waals surface area contributed by atoms with Gasteiger partial charge in [0.05, 0.1) is 16.6 Å². The van der Waals surface area contributed by atoms with Crippen LogP contribution in [0.2, 0.25) is 0 Å². The van der Waals surface area contributed by atoms with Crippen LogP contribution in [-0.2, 0) is 0 Å². The Bertz CT molecular complexity index is 1130. The molecule has 0 aliphatic heterocycles. The van der Waals surface area contributed by atoms with E-state index in [0.29, 0.717) is 21.8 Å². The number of hydrogen-bond acceptors (Lipinski definition) is 3. The standard InChI is InChI=1S/C20H11F2NO2/c21-12-9-10-17-14(11-12)19(13-5-1-3-7-16(13)23-17)20(24)25-18-8-4-2-6-15(18)22/h1-11H. The van der Waals surface area contributed by atoms with Gasteiger partial charge in [-0.1, -0.05) is 30.3 Å². The molecule has 5 heteroatoms. The highest BCUT2D eigenvalue weighted by atomic mass is 19.1. The van der Waals surface area contributed by atoms with Gasteiger partial charge in [0.25, 0.3) is 0 Å². The molecule has 0 atom stereocenters. The van der Waals surface area contributed by atoms with Crippen molar-refractivity contribution in [3.05, 3.63) is 83.9 Å². The van der Waals surface area contributed by atoms with E-state index in [1.807, 2.05) is 0 Å². The molecule has 1 aromatic heterocycles. The van der Waals surface area contributed by atoms with E-state index in [9.17, 15) is 13.6 Å². The van der Waals surface area contributed by atoms with Crippen molar-refractivity contribution < 1.29 is 18.3 Å². The van der Waals surface area contributed by atoms with Crippen molar-refractivity contribution in [2.24, 2.45) is 0 Å². The number of rotatable bonds is 2. The van der Waals surface area contributed by atoms with E-state index in [0.717, 1.165) is 0 Å². The van der Waals surface area contributed by atoms with E-state index < -0.39 is 17.6 Å². The number of hydrogen-bond donors (Lipinski definition) is 0. The van der Waals surface area contributed by atoms with Crippen LogP contribution in [0, 0.1) is 11.6 Å². The number of aromatic nitrogens is 1. The number of pyridine rings is 1. The van der Waals surface area contributed by atoms with Crippen molar-refractivity contribution in [2.45, 2.75) is 0 Å². The lowest BCUT2D eigenvalue weighted by Crippen LogP contribution is -2.11. The Morgan fingerprint density at radius 3 is 2.40 bits per heavy atom. The number of halogens is 2. The first-order valence-corrected chi connectivity index (χ1v) is 7.58. The molecule has 0 N–H and O–H groups in total. The Hall–Kier alpha value is -3.34. The summed E-state index contributed by atoms with van der Waals surface area (Å²) in [6.07, 6.45) is 0. The van der Waals surface area contributed by atoms with Crippen LogP contribution in [0.3, 0.4) is 0 Å². The zero-order chi connectivity index (χ0) is 17.4. The molecule has 0 saturated heterocycles. The van der Waals surface area contributed by atoms with Gasteiger partial charge in [0, 0.05) is 10.8 Å². The van der Waals surface area contributed by atoms with Crippen molar-refractivity contribution >= 4 is 27.8 Å². The van der Waals surface area contributed by atoms with Crippen LogP contribution in [0.15, 0.2) is 66.7 Å². The van der Waals surface area contributed by atoms with Crippen LogP contribution < -0.4 is 4.74 Å². The van der Waals surface area contributed by atoms with Crippen LogP contribution in [0.25, 0.3) is 21.8 Å². The van der Waals surface area contributed by atoms with E-state index >= 15 is 0 Å². The van der Waals surface area contributed by atoms with Crippen LogP contribution in [-0.4, -0.2) is 11.0 Å². The molecule has 4 aromatic rings. The molecule has 3 nitrogen and oxygen atoms in total. The van der Waals surface area contributed by atoms with Crippen molar-refractivity contribution in [2.75, 3.05) is 0 Å². The van der Waals surface area contributed by atoms with Gasteiger partial charge in [-0.3, -0.25) is 0 Å². The van der Waals surface area contributed by atoms with Crippen LogP contribution >= 0.6 is 0 Å². The number of fused-ring (bicyclic) bond motifs is 2. The molecular weight excluding hydrogens is 324 g/mol.